The molecule has 0 aliphatic carbocycles. The first-order chi connectivity index (χ1) is 9.76. The van der Waals surface area contributed by atoms with E-state index in [2.05, 4.69) is 6.92 Å². The number of unbranched alkanes of at least 4 members (excludes halogenated alkanes) is 2. The summed E-state index contributed by atoms with van der Waals surface area (Å²) in [4.78, 5) is 0. The van der Waals surface area contributed by atoms with Gasteiger partial charge in [-0.1, -0.05) is 19.8 Å². The molecule has 2 saturated heterocycles. The molecule has 2 rings (SSSR count). The summed E-state index contributed by atoms with van der Waals surface area (Å²) in [6.45, 7) is 5.64. The molecule has 0 aromatic heterocycles. The lowest BCUT2D eigenvalue weighted by atomic mass is 10.1. The Morgan fingerprint density at radius 1 is 1.05 bits per heavy atom. The fourth-order valence-electron chi connectivity index (χ4n) is 1.74. The Morgan fingerprint density at radius 3 is 2.05 bits per heavy atom. The highest BCUT2D eigenvalue weighted by Crippen LogP contribution is 2.12. The molecule has 2 fully saturated rings. The highest BCUT2D eigenvalue weighted by molar-refractivity contribution is 4.71. The Hall–Kier alpha value is -0.200. The van der Waals surface area contributed by atoms with E-state index in [1.807, 2.05) is 0 Å². The van der Waals surface area contributed by atoms with Crippen LogP contribution in [0.1, 0.15) is 45.4 Å². The standard InChI is InChI=1S/C9H20O2.C6H10O3/c1-2-3-6-9(11)7-4-5-8-10;1(5-3-8-5)7-2-6-4-9-6/h9-11H,2-8H2,1H3;5-6H,1-4H2. The van der Waals surface area contributed by atoms with Crippen LogP contribution >= 0.6 is 0 Å². The quantitative estimate of drug-likeness (QED) is 0.445. The van der Waals surface area contributed by atoms with E-state index in [-0.39, 0.29) is 12.7 Å². The molecule has 5 nitrogen and oxygen atoms in total. The highest BCUT2D eigenvalue weighted by Gasteiger charge is 2.26. The van der Waals surface area contributed by atoms with Crippen LogP contribution in [0.4, 0.5) is 0 Å². The maximum atomic E-state index is 9.33. The van der Waals surface area contributed by atoms with Crippen molar-refractivity contribution < 1.29 is 24.4 Å². The van der Waals surface area contributed by atoms with Crippen molar-refractivity contribution in [1.29, 1.82) is 0 Å². The smallest absolute Gasteiger partial charge is 0.104 e. The molecule has 5 heteroatoms. The summed E-state index contributed by atoms with van der Waals surface area (Å²) in [5.74, 6) is 0. The number of epoxide rings is 2. The van der Waals surface area contributed by atoms with Crippen LogP contribution in [0.2, 0.25) is 0 Å². The lowest BCUT2D eigenvalue weighted by Gasteiger charge is -2.08. The van der Waals surface area contributed by atoms with Crippen LogP contribution in [-0.2, 0) is 14.2 Å². The molecule has 0 saturated carbocycles. The van der Waals surface area contributed by atoms with Crippen LogP contribution in [0, 0.1) is 0 Å². The minimum absolute atomic E-state index is 0.138. The van der Waals surface area contributed by atoms with Gasteiger partial charge in [-0.25, -0.2) is 0 Å². The van der Waals surface area contributed by atoms with E-state index < -0.39 is 0 Å². The van der Waals surface area contributed by atoms with Gasteiger partial charge in [0.15, 0.2) is 0 Å². The Morgan fingerprint density at radius 2 is 1.60 bits per heavy atom. The zero-order valence-corrected chi connectivity index (χ0v) is 12.6. The lowest BCUT2D eigenvalue weighted by Crippen LogP contribution is -2.06. The van der Waals surface area contributed by atoms with Crippen molar-refractivity contribution in [2.75, 3.05) is 33.0 Å². The van der Waals surface area contributed by atoms with Gasteiger partial charge in [0.25, 0.3) is 0 Å². The first-order valence-corrected chi connectivity index (χ1v) is 7.86. The van der Waals surface area contributed by atoms with Crippen molar-refractivity contribution in [1.82, 2.24) is 0 Å². The summed E-state index contributed by atoms with van der Waals surface area (Å²) in [7, 11) is 0. The minimum Gasteiger partial charge on any atom is -0.396 e. The lowest BCUT2D eigenvalue weighted by molar-refractivity contribution is 0.102. The first kappa shape index (κ1) is 17.9. The molecule has 20 heavy (non-hydrogen) atoms. The van der Waals surface area contributed by atoms with Crippen molar-refractivity contribution in [2.24, 2.45) is 0 Å². The monoisotopic (exact) mass is 290 g/mol. The van der Waals surface area contributed by atoms with Crippen LogP contribution in [0.5, 0.6) is 0 Å². The summed E-state index contributed by atoms with van der Waals surface area (Å²) in [6.07, 6.45) is 6.44. The van der Waals surface area contributed by atoms with E-state index >= 15 is 0 Å². The topological polar surface area (TPSA) is 74.8 Å². The third-order valence-corrected chi connectivity index (χ3v) is 3.25. The number of aliphatic hydroxyl groups is 2. The first-order valence-electron chi connectivity index (χ1n) is 7.86. The zero-order valence-electron chi connectivity index (χ0n) is 12.6. The summed E-state index contributed by atoms with van der Waals surface area (Å²) in [6, 6.07) is 0. The molecular formula is C15H30O5. The second-order valence-electron chi connectivity index (χ2n) is 5.46. The van der Waals surface area contributed by atoms with Crippen LogP contribution in [-0.4, -0.2) is 61.6 Å². The van der Waals surface area contributed by atoms with Crippen molar-refractivity contribution >= 4 is 0 Å². The van der Waals surface area contributed by atoms with E-state index in [4.69, 9.17) is 19.3 Å². The number of ether oxygens (including phenoxy) is 3. The number of hydrogen-bond donors (Lipinski definition) is 2. The summed E-state index contributed by atoms with van der Waals surface area (Å²) < 4.78 is 15.1. The van der Waals surface area contributed by atoms with Gasteiger partial charge in [-0.2, -0.15) is 0 Å². The van der Waals surface area contributed by atoms with E-state index in [0.717, 1.165) is 65.0 Å². The van der Waals surface area contributed by atoms with E-state index in [9.17, 15) is 5.11 Å². The summed E-state index contributed by atoms with van der Waals surface area (Å²) in [5, 5.41) is 17.8. The number of rotatable bonds is 11. The van der Waals surface area contributed by atoms with Gasteiger partial charge in [0.05, 0.1) is 32.5 Å². The molecule has 2 aliphatic heterocycles. The van der Waals surface area contributed by atoms with Gasteiger partial charge < -0.3 is 24.4 Å². The third kappa shape index (κ3) is 11.6. The predicted molar refractivity (Wildman–Crippen MR) is 76.8 cm³/mol. The fourth-order valence-corrected chi connectivity index (χ4v) is 1.74. The maximum Gasteiger partial charge on any atom is 0.104 e. The van der Waals surface area contributed by atoms with Gasteiger partial charge >= 0.3 is 0 Å². The van der Waals surface area contributed by atoms with Gasteiger partial charge in [0.2, 0.25) is 0 Å². The highest BCUT2D eigenvalue weighted by atomic mass is 16.6. The van der Waals surface area contributed by atoms with Crippen LogP contribution in [0.25, 0.3) is 0 Å². The van der Waals surface area contributed by atoms with E-state index in [0.29, 0.717) is 12.2 Å². The Balaban J connectivity index is 0.000000202. The Kier molecular flexibility index (Phi) is 10.2. The molecule has 0 aromatic rings. The van der Waals surface area contributed by atoms with Crippen molar-refractivity contribution in [3.8, 4) is 0 Å². The Bertz CT molecular complexity index is 204. The number of hydrogen-bond acceptors (Lipinski definition) is 5. The largest absolute Gasteiger partial charge is 0.396 e. The molecule has 0 amide bonds. The molecule has 2 aliphatic rings. The molecule has 2 N–H and O–H groups in total. The normalized spacial score (nSPS) is 24.8. The molecule has 120 valence electrons. The molecular weight excluding hydrogens is 260 g/mol. The molecule has 3 unspecified atom stereocenters. The summed E-state index contributed by atoms with van der Waals surface area (Å²) in [5.41, 5.74) is 0. The molecule has 0 spiro atoms. The third-order valence-electron chi connectivity index (χ3n) is 3.25. The van der Waals surface area contributed by atoms with E-state index in [1.165, 1.54) is 0 Å². The van der Waals surface area contributed by atoms with Crippen molar-refractivity contribution in [2.45, 2.75) is 63.8 Å². The van der Waals surface area contributed by atoms with Crippen LogP contribution in [0.15, 0.2) is 0 Å². The SMILES string of the molecule is C(OCC1CO1)C1CO1.CCCCC(O)CCCCO. The van der Waals surface area contributed by atoms with E-state index in [1.54, 1.807) is 0 Å². The minimum atomic E-state index is -0.138. The predicted octanol–water partition coefficient (Wildman–Crippen LogP) is 1.50. The second-order valence-corrected chi connectivity index (χ2v) is 5.46. The average molecular weight is 290 g/mol. The Labute approximate surface area is 122 Å². The molecule has 0 bridgehead atoms. The van der Waals surface area contributed by atoms with Gasteiger partial charge in [-0.3, -0.25) is 0 Å². The molecule has 0 radical (unpaired) electrons. The van der Waals surface area contributed by atoms with Crippen LogP contribution < -0.4 is 0 Å². The maximum absolute atomic E-state index is 9.33. The average Bonchev–Trinajstić information content (AvgIpc) is 3.32. The van der Waals surface area contributed by atoms with Gasteiger partial charge in [0, 0.05) is 6.61 Å². The summed E-state index contributed by atoms with van der Waals surface area (Å²) >= 11 is 0. The fraction of sp³-hybridized carbons (Fsp3) is 1.00. The number of aliphatic hydroxyl groups excluding tert-OH is 2. The van der Waals surface area contributed by atoms with Gasteiger partial charge in [-0.15, -0.1) is 0 Å². The molecule has 3 atom stereocenters. The van der Waals surface area contributed by atoms with Gasteiger partial charge in [0.1, 0.15) is 12.2 Å². The second kappa shape index (κ2) is 11.5. The van der Waals surface area contributed by atoms with Crippen molar-refractivity contribution in [3.05, 3.63) is 0 Å². The van der Waals surface area contributed by atoms with Crippen LogP contribution in [0.3, 0.4) is 0 Å². The molecule has 2 heterocycles. The van der Waals surface area contributed by atoms with Gasteiger partial charge in [-0.05, 0) is 25.7 Å². The van der Waals surface area contributed by atoms with Crippen molar-refractivity contribution in [3.63, 3.8) is 0 Å². The molecule has 0 aromatic carbocycles. The zero-order chi connectivity index (χ0) is 14.6.